The fourth-order valence-corrected chi connectivity index (χ4v) is 2.42. The van der Waals surface area contributed by atoms with Gasteiger partial charge in [0.25, 0.3) is 5.91 Å². The molecular weight excluding hydrogens is 324 g/mol. The molecule has 2 amide bonds. The van der Waals surface area contributed by atoms with Crippen molar-refractivity contribution in [2.45, 2.75) is 12.5 Å². The highest BCUT2D eigenvalue weighted by Gasteiger charge is 2.35. The minimum absolute atomic E-state index is 0.189. The molecule has 1 aromatic carbocycles. The largest absolute Gasteiger partial charge is 0.484 e. The summed E-state index contributed by atoms with van der Waals surface area (Å²) < 4.78 is 9.96. The smallest absolute Gasteiger partial charge is 0.308 e. The fourth-order valence-electron chi connectivity index (χ4n) is 2.24. The van der Waals surface area contributed by atoms with Crippen LogP contribution < -0.4 is 10.1 Å². The molecule has 0 aromatic heterocycles. The SMILES string of the molecule is COC(=O)C[C@H]1C(=O)NCCN1C(=O)COc1cccc(Cl)c1. The summed E-state index contributed by atoms with van der Waals surface area (Å²) in [4.78, 5) is 37.0. The van der Waals surface area contributed by atoms with Gasteiger partial charge in [0.2, 0.25) is 5.91 Å². The van der Waals surface area contributed by atoms with Gasteiger partial charge in [-0.2, -0.15) is 0 Å². The van der Waals surface area contributed by atoms with Gasteiger partial charge < -0.3 is 19.7 Å². The highest BCUT2D eigenvalue weighted by molar-refractivity contribution is 6.30. The quantitative estimate of drug-likeness (QED) is 0.794. The molecule has 1 heterocycles. The van der Waals surface area contributed by atoms with Crippen molar-refractivity contribution in [2.24, 2.45) is 0 Å². The van der Waals surface area contributed by atoms with E-state index < -0.39 is 12.0 Å². The van der Waals surface area contributed by atoms with Crippen molar-refractivity contribution in [1.82, 2.24) is 10.2 Å². The minimum Gasteiger partial charge on any atom is -0.484 e. The lowest BCUT2D eigenvalue weighted by atomic mass is 10.1. The van der Waals surface area contributed by atoms with Crippen LogP contribution in [0.4, 0.5) is 0 Å². The van der Waals surface area contributed by atoms with Crippen LogP contribution in [-0.4, -0.2) is 55.5 Å². The summed E-state index contributed by atoms with van der Waals surface area (Å²) in [6, 6.07) is 5.78. The summed E-state index contributed by atoms with van der Waals surface area (Å²) in [6.07, 6.45) is -0.189. The van der Waals surface area contributed by atoms with Crippen LogP contribution in [0.2, 0.25) is 5.02 Å². The van der Waals surface area contributed by atoms with E-state index in [0.717, 1.165) is 0 Å². The summed E-state index contributed by atoms with van der Waals surface area (Å²) in [7, 11) is 1.23. The van der Waals surface area contributed by atoms with Crippen molar-refractivity contribution >= 4 is 29.4 Å². The molecule has 0 saturated carbocycles. The van der Waals surface area contributed by atoms with Crippen molar-refractivity contribution in [3.05, 3.63) is 29.3 Å². The number of hydrogen-bond acceptors (Lipinski definition) is 5. The molecule has 1 aliphatic heterocycles. The Bertz CT molecular complexity index is 607. The molecule has 8 heteroatoms. The first-order chi connectivity index (χ1) is 11.0. The zero-order chi connectivity index (χ0) is 16.8. The van der Waals surface area contributed by atoms with Crippen molar-refractivity contribution in [1.29, 1.82) is 0 Å². The molecule has 23 heavy (non-hydrogen) atoms. The number of nitrogens with zero attached hydrogens (tertiary/aromatic N) is 1. The Morgan fingerprint density at radius 3 is 2.91 bits per heavy atom. The molecule has 7 nitrogen and oxygen atoms in total. The molecule has 2 rings (SSSR count). The van der Waals surface area contributed by atoms with Crippen LogP contribution in [0.3, 0.4) is 0 Å². The molecule has 124 valence electrons. The van der Waals surface area contributed by atoms with Crippen molar-refractivity contribution in [3.63, 3.8) is 0 Å². The number of carbonyl (C=O) groups is 3. The number of piperazine rings is 1. The number of ether oxygens (including phenoxy) is 2. The highest BCUT2D eigenvalue weighted by atomic mass is 35.5. The third-order valence-electron chi connectivity index (χ3n) is 3.40. The zero-order valence-corrected chi connectivity index (χ0v) is 13.3. The van der Waals surface area contributed by atoms with Gasteiger partial charge in [0.15, 0.2) is 6.61 Å². The van der Waals surface area contributed by atoms with Crippen LogP contribution in [0.25, 0.3) is 0 Å². The summed E-state index contributed by atoms with van der Waals surface area (Å²) >= 11 is 5.84. The van der Waals surface area contributed by atoms with Gasteiger partial charge in [-0.15, -0.1) is 0 Å². The minimum atomic E-state index is -0.883. The monoisotopic (exact) mass is 340 g/mol. The number of hydrogen-bond donors (Lipinski definition) is 1. The maximum atomic E-state index is 12.3. The fraction of sp³-hybridized carbons (Fsp3) is 0.400. The van der Waals surface area contributed by atoms with Crippen molar-refractivity contribution < 1.29 is 23.9 Å². The molecule has 1 fully saturated rings. The molecule has 1 N–H and O–H groups in total. The van der Waals surface area contributed by atoms with Crippen LogP contribution >= 0.6 is 11.6 Å². The van der Waals surface area contributed by atoms with Gasteiger partial charge in [0.1, 0.15) is 11.8 Å². The molecule has 0 radical (unpaired) electrons. The van der Waals surface area contributed by atoms with Crippen LogP contribution in [0.5, 0.6) is 5.75 Å². The average Bonchev–Trinajstić information content (AvgIpc) is 2.54. The van der Waals surface area contributed by atoms with Crippen LogP contribution in [0.15, 0.2) is 24.3 Å². The van der Waals surface area contributed by atoms with E-state index in [9.17, 15) is 14.4 Å². The summed E-state index contributed by atoms with van der Waals surface area (Å²) in [5.41, 5.74) is 0. The van der Waals surface area contributed by atoms with Crippen molar-refractivity contribution in [3.8, 4) is 5.75 Å². The van der Waals surface area contributed by atoms with E-state index in [4.69, 9.17) is 16.3 Å². The first kappa shape index (κ1) is 17.1. The van der Waals surface area contributed by atoms with Gasteiger partial charge in [-0.3, -0.25) is 14.4 Å². The van der Waals surface area contributed by atoms with E-state index in [1.165, 1.54) is 12.0 Å². The van der Waals surface area contributed by atoms with Gasteiger partial charge >= 0.3 is 5.97 Å². The molecular formula is C15H17ClN2O5. The summed E-state index contributed by atoms with van der Waals surface area (Å²) in [6.45, 7) is 0.399. The van der Waals surface area contributed by atoms with Crippen LogP contribution in [0.1, 0.15) is 6.42 Å². The van der Waals surface area contributed by atoms with Crippen LogP contribution in [0, 0.1) is 0 Å². The number of rotatable bonds is 5. The van der Waals surface area contributed by atoms with E-state index >= 15 is 0 Å². The van der Waals surface area contributed by atoms with E-state index in [2.05, 4.69) is 10.1 Å². The molecule has 1 atom stereocenters. The highest BCUT2D eigenvalue weighted by Crippen LogP contribution is 2.17. The van der Waals surface area contributed by atoms with Crippen molar-refractivity contribution in [2.75, 3.05) is 26.8 Å². The molecule has 1 aromatic rings. The van der Waals surface area contributed by atoms with E-state index in [1.54, 1.807) is 24.3 Å². The van der Waals surface area contributed by atoms with Gasteiger partial charge in [-0.05, 0) is 18.2 Å². The lowest BCUT2D eigenvalue weighted by Gasteiger charge is -2.34. The Morgan fingerprint density at radius 1 is 1.43 bits per heavy atom. The number of methoxy groups -OCH3 is 1. The van der Waals surface area contributed by atoms with Gasteiger partial charge in [0, 0.05) is 18.1 Å². The number of esters is 1. The Labute approximate surface area is 138 Å². The van der Waals surface area contributed by atoms with E-state index in [0.29, 0.717) is 23.9 Å². The topological polar surface area (TPSA) is 84.9 Å². The van der Waals surface area contributed by atoms with Gasteiger partial charge in [-0.1, -0.05) is 17.7 Å². The first-order valence-corrected chi connectivity index (χ1v) is 7.41. The third kappa shape index (κ3) is 4.59. The third-order valence-corrected chi connectivity index (χ3v) is 3.63. The Kier molecular flexibility index (Phi) is 5.81. The summed E-state index contributed by atoms with van der Waals surface area (Å²) in [5, 5.41) is 3.12. The Balaban J connectivity index is 2.00. The molecule has 0 unspecified atom stereocenters. The van der Waals surface area contributed by atoms with Gasteiger partial charge in [0.05, 0.1) is 13.5 Å². The number of nitrogens with one attached hydrogen (secondary N) is 1. The maximum Gasteiger partial charge on any atom is 0.308 e. The number of amides is 2. The Hall–Kier alpha value is -2.28. The predicted molar refractivity (Wildman–Crippen MR) is 82.1 cm³/mol. The lowest BCUT2D eigenvalue weighted by Crippen LogP contribution is -2.58. The zero-order valence-electron chi connectivity index (χ0n) is 12.6. The molecule has 1 saturated heterocycles. The molecule has 0 spiro atoms. The number of carbonyl (C=O) groups excluding carboxylic acids is 3. The average molecular weight is 341 g/mol. The number of benzene rings is 1. The predicted octanol–water partition coefficient (Wildman–Crippen LogP) is 0.609. The lowest BCUT2D eigenvalue weighted by molar-refractivity contribution is -0.151. The van der Waals surface area contributed by atoms with E-state index in [-0.39, 0.29) is 24.8 Å². The Morgan fingerprint density at radius 2 is 2.22 bits per heavy atom. The van der Waals surface area contributed by atoms with Crippen LogP contribution in [-0.2, 0) is 19.1 Å². The normalized spacial score (nSPS) is 17.4. The first-order valence-electron chi connectivity index (χ1n) is 7.03. The van der Waals surface area contributed by atoms with E-state index in [1.807, 2.05) is 0 Å². The number of halogens is 1. The maximum absolute atomic E-state index is 12.3. The molecule has 1 aliphatic rings. The second kappa shape index (κ2) is 7.82. The second-order valence-corrected chi connectivity index (χ2v) is 5.36. The summed E-state index contributed by atoms with van der Waals surface area (Å²) in [5.74, 6) is -0.857. The second-order valence-electron chi connectivity index (χ2n) is 4.92. The standard InChI is InChI=1S/C15H17ClN2O5/c1-22-14(20)8-12-15(21)17-5-6-18(12)13(19)9-23-11-4-2-3-10(16)7-11/h2-4,7,12H,5-6,8-9H2,1H3,(H,17,21)/t12-/m0/s1. The molecule has 0 aliphatic carbocycles. The molecule has 0 bridgehead atoms. The van der Waals surface area contributed by atoms with Gasteiger partial charge in [-0.25, -0.2) is 0 Å².